The van der Waals surface area contributed by atoms with Crippen molar-refractivity contribution in [2.45, 2.75) is 12.8 Å². The van der Waals surface area contributed by atoms with Crippen molar-refractivity contribution in [2.24, 2.45) is 0 Å². The summed E-state index contributed by atoms with van der Waals surface area (Å²) in [6.45, 7) is 3.64. The van der Waals surface area contributed by atoms with Gasteiger partial charge in [0.2, 0.25) is 5.91 Å². The molecule has 2 heterocycles. The van der Waals surface area contributed by atoms with E-state index in [0.717, 1.165) is 38.3 Å². The molecule has 6 nitrogen and oxygen atoms in total. The van der Waals surface area contributed by atoms with Crippen LogP contribution in [0.25, 0.3) is 5.69 Å². The molecule has 1 aliphatic heterocycles. The van der Waals surface area contributed by atoms with Crippen molar-refractivity contribution >= 4 is 5.91 Å². The monoisotopic (exact) mass is 299 g/mol. The number of rotatable bonds is 4. The summed E-state index contributed by atoms with van der Waals surface area (Å²) in [6.07, 6.45) is 4.82. The third-order valence-electron chi connectivity index (χ3n) is 4.11. The summed E-state index contributed by atoms with van der Waals surface area (Å²) in [7, 11) is 2.10. The molecule has 0 N–H and O–H groups in total. The predicted octanol–water partition coefficient (Wildman–Crippen LogP) is 0.974. The zero-order chi connectivity index (χ0) is 15.4. The standard InChI is InChI=1S/C16H21N5O/c1-19-10-12-20(13-11-19)16(22)7-4-14-2-5-15(6-3-14)21-9-8-17-18-21/h2-3,5-6,8-9H,4,7,10-13H2,1H3. The largest absolute Gasteiger partial charge is 0.340 e. The van der Waals surface area contributed by atoms with Crippen LogP contribution >= 0.6 is 0 Å². The fraction of sp³-hybridized carbons (Fsp3) is 0.438. The SMILES string of the molecule is CN1CCN(C(=O)CCc2ccc(-n3ccnn3)cc2)CC1. The number of likely N-dealkylation sites (N-methyl/N-ethyl adjacent to an activating group) is 1. The smallest absolute Gasteiger partial charge is 0.222 e. The Morgan fingerprint density at radius 3 is 2.50 bits per heavy atom. The lowest BCUT2D eigenvalue weighted by Gasteiger charge is -2.32. The summed E-state index contributed by atoms with van der Waals surface area (Å²) in [5.74, 6) is 0.258. The Balaban J connectivity index is 1.52. The lowest BCUT2D eigenvalue weighted by molar-refractivity contribution is -0.132. The van der Waals surface area contributed by atoms with E-state index in [9.17, 15) is 4.79 Å². The maximum Gasteiger partial charge on any atom is 0.222 e. The van der Waals surface area contributed by atoms with Crippen molar-refractivity contribution in [3.05, 3.63) is 42.2 Å². The summed E-state index contributed by atoms with van der Waals surface area (Å²) in [4.78, 5) is 16.4. The topological polar surface area (TPSA) is 54.3 Å². The zero-order valence-electron chi connectivity index (χ0n) is 12.9. The van der Waals surface area contributed by atoms with Gasteiger partial charge in [-0.05, 0) is 31.2 Å². The minimum atomic E-state index is 0.258. The fourth-order valence-corrected chi connectivity index (χ4v) is 2.63. The van der Waals surface area contributed by atoms with Gasteiger partial charge < -0.3 is 9.80 Å². The van der Waals surface area contributed by atoms with E-state index in [1.807, 2.05) is 35.4 Å². The first-order valence-electron chi connectivity index (χ1n) is 7.64. The molecule has 0 unspecified atom stereocenters. The van der Waals surface area contributed by atoms with Crippen molar-refractivity contribution < 1.29 is 4.79 Å². The number of hydrogen-bond acceptors (Lipinski definition) is 4. The van der Waals surface area contributed by atoms with Crippen molar-refractivity contribution in [3.8, 4) is 5.69 Å². The van der Waals surface area contributed by atoms with Gasteiger partial charge in [-0.3, -0.25) is 4.79 Å². The second kappa shape index (κ2) is 6.70. The molecule has 0 aliphatic carbocycles. The molecule has 3 rings (SSSR count). The van der Waals surface area contributed by atoms with Gasteiger partial charge >= 0.3 is 0 Å². The van der Waals surface area contributed by atoms with E-state index in [4.69, 9.17) is 0 Å². The molecule has 1 aliphatic rings. The molecule has 1 aromatic heterocycles. The number of aromatic nitrogens is 3. The van der Waals surface area contributed by atoms with Crippen molar-refractivity contribution in [1.82, 2.24) is 24.8 Å². The predicted molar refractivity (Wildman–Crippen MR) is 83.8 cm³/mol. The van der Waals surface area contributed by atoms with E-state index in [0.29, 0.717) is 6.42 Å². The molecule has 0 saturated carbocycles. The zero-order valence-corrected chi connectivity index (χ0v) is 12.9. The fourth-order valence-electron chi connectivity index (χ4n) is 2.63. The molecule has 6 heteroatoms. The molecule has 0 bridgehead atoms. The first kappa shape index (κ1) is 14.7. The normalized spacial score (nSPS) is 16.0. The molecule has 1 saturated heterocycles. The number of benzene rings is 1. The molecule has 0 atom stereocenters. The molecule has 22 heavy (non-hydrogen) atoms. The number of aryl methyl sites for hydroxylation is 1. The third kappa shape index (κ3) is 3.51. The van der Waals surface area contributed by atoms with Crippen molar-refractivity contribution in [2.75, 3.05) is 33.2 Å². The number of nitrogens with zero attached hydrogens (tertiary/aromatic N) is 5. The van der Waals surface area contributed by atoms with E-state index in [2.05, 4.69) is 22.3 Å². The summed E-state index contributed by atoms with van der Waals surface area (Å²) in [5.41, 5.74) is 2.15. The summed E-state index contributed by atoms with van der Waals surface area (Å²) >= 11 is 0. The van der Waals surface area contributed by atoms with Gasteiger partial charge in [0.05, 0.1) is 18.1 Å². The number of carbonyl (C=O) groups excluding carboxylic acids is 1. The molecule has 1 fully saturated rings. The van der Waals surface area contributed by atoms with Gasteiger partial charge in [-0.1, -0.05) is 17.3 Å². The van der Waals surface area contributed by atoms with Crippen LogP contribution in [-0.4, -0.2) is 63.9 Å². The third-order valence-corrected chi connectivity index (χ3v) is 4.11. The maximum atomic E-state index is 12.2. The summed E-state index contributed by atoms with van der Waals surface area (Å²) in [6, 6.07) is 8.11. The quantitative estimate of drug-likeness (QED) is 0.844. The lowest BCUT2D eigenvalue weighted by Crippen LogP contribution is -2.47. The van der Waals surface area contributed by atoms with Gasteiger partial charge in [0.25, 0.3) is 0 Å². The number of amides is 1. The highest BCUT2D eigenvalue weighted by Gasteiger charge is 2.18. The lowest BCUT2D eigenvalue weighted by atomic mass is 10.1. The molecule has 0 radical (unpaired) electrons. The molecular formula is C16H21N5O. The first-order chi connectivity index (χ1) is 10.7. The summed E-state index contributed by atoms with van der Waals surface area (Å²) in [5, 5.41) is 7.76. The Kier molecular flexibility index (Phi) is 4.48. The number of piperazine rings is 1. The average molecular weight is 299 g/mol. The average Bonchev–Trinajstić information content (AvgIpc) is 3.08. The van der Waals surface area contributed by atoms with Crippen LogP contribution in [0.2, 0.25) is 0 Å². The van der Waals surface area contributed by atoms with Crippen molar-refractivity contribution in [1.29, 1.82) is 0 Å². The highest BCUT2D eigenvalue weighted by Crippen LogP contribution is 2.11. The first-order valence-corrected chi connectivity index (χ1v) is 7.64. The van der Waals surface area contributed by atoms with Crippen LogP contribution in [0.4, 0.5) is 0 Å². The van der Waals surface area contributed by atoms with E-state index in [1.165, 1.54) is 5.56 Å². The maximum absolute atomic E-state index is 12.2. The van der Waals surface area contributed by atoms with Gasteiger partial charge in [-0.15, -0.1) is 5.10 Å². The minimum absolute atomic E-state index is 0.258. The van der Waals surface area contributed by atoms with Crippen LogP contribution in [0.15, 0.2) is 36.7 Å². The van der Waals surface area contributed by atoms with Gasteiger partial charge in [-0.2, -0.15) is 0 Å². The summed E-state index contributed by atoms with van der Waals surface area (Å²) < 4.78 is 1.72. The van der Waals surface area contributed by atoms with Crippen LogP contribution in [0.5, 0.6) is 0 Å². The van der Waals surface area contributed by atoms with Crippen LogP contribution in [-0.2, 0) is 11.2 Å². The minimum Gasteiger partial charge on any atom is -0.340 e. The number of hydrogen-bond donors (Lipinski definition) is 0. The van der Waals surface area contributed by atoms with E-state index in [1.54, 1.807) is 10.9 Å². The number of carbonyl (C=O) groups is 1. The molecule has 2 aromatic rings. The Morgan fingerprint density at radius 1 is 1.14 bits per heavy atom. The Hall–Kier alpha value is -2.21. The Bertz CT molecular complexity index is 600. The molecule has 1 aromatic carbocycles. The highest BCUT2D eigenvalue weighted by molar-refractivity contribution is 5.76. The molecule has 0 spiro atoms. The van der Waals surface area contributed by atoms with E-state index in [-0.39, 0.29) is 5.91 Å². The second-order valence-corrected chi connectivity index (χ2v) is 5.70. The van der Waals surface area contributed by atoms with E-state index >= 15 is 0 Å². The van der Waals surface area contributed by atoms with Gasteiger partial charge in [0, 0.05) is 32.6 Å². The molecule has 1 amide bonds. The molecule has 116 valence electrons. The second-order valence-electron chi connectivity index (χ2n) is 5.70. The highest BCUT2D eigenvalue weighted by atomic mass is 16.2. The van der Waals surface area contributed by atoms with Gasteiger partial charge in [0.1, 0.15) is 0 Å². The van der Waals surface area contributed by atoms with Crippen LogP contribution in [0.3, 0.4) is 0 Å². The Morgan fingerprint density at radius 2 is 1.86 bits per heavy atom. The van der Waals surface area contributed by atoms with Gasteiger partial charge in [0.15, 0.2) is 0 Å². The van der Waals surface area contributed by atoms with Crippen LogP contribution in [0.1, 0.15) is 12.0 Å². The van der Waals surface area contributed by atoms with Gasteiger partial charge in [-0.25, -0.2) is 4.68 Å². The Labute approximate surface area is 130 Å². The van der Waals surface area contributed by atoms with Crippen LogP contribution in [0, 0.1) is 0 Å². The van der Waals surface area contributed by atoms with Crippen LogP contribution < -0.4 is 0 Å². The van der Waals surface area contributed by atoms with Crippen molar-refractivity contribution in [3.63, 3.8) is 0 Å². The van der Waals surface area contributed by atoms with E-state index < -0.39 is 0 Å². The molecular weight excluding hydrogens is 278 g/mol.